The van der Waals surface area contributed by atoms with Gasteiger partial charge in [-0.1, -0.05) is 36.4 Å². The first-order valence-corrected chi connectivity index (χ1v) is 14.1. The Morgan fingerprint density at radius 2 is 1.71 bits per heavy atom. The lowest BCUT2D eigenvalue weighted by atomic mass is 10.1. The second-order valence-corrected chi connectivity index (χ2v) is 11.3. The molecule has 0 spiro atoms. The zero-order valence-electron chi connectivity index (χ0n) is 19.2. The van der Waals surface area contributed by atoms with Gasteiger partial charge in [0.05, 0.1) is 4.90 Å². The van der Waals surface area contributed by atoms with Crippen LogP contribution in [0.25, 0.3) is 0 Å². The van der Waals surface area contributed by atoms with Gasteiger partial charge in [-0.2, -0.15) is 0 Å². The Kier molecular flexibility index (Phi) is 8.50. The SMILES string of the molecule is O=C(c1ccc(S(=O)(=O)NCc2cccs2)cc1)N1CCCN(CCCc2ccccc2)CC1. The lowest BCUT2D eigenvalue weighted by molar-refractivity contribution is 0.0761. The summed E-state index contributed by atoms with van der Waals surface area (Å²) in [5.74, 6) is -0.0402. The Bertz CT molecular complexity index is 1150. The molecule has 1 amide bonds. The van der Waals surface area contributed by atoms with E-state index in [1.54, 1.807) is 12.1 Å². The van der Waals surface area contributed by atoms with Gasteiger partial charge in [0.2, 0.25) is 10.0 Å². The van der Waals surface area contributed by atoms with Gasteiger partial charge in [-0.15, -0.1) is 11.3 Å². The molecular weight excluding hydrogens is 466 g/mol. The number of carbonyl (C=O) groups is 1. The Morgan fingerprint density at radius 1 is 0.912 bits per heavy atom. The quantitative estimate of drug-likeness (QED) is 0.485. The molecule has 2 heterocycles. The molecule has 180 valence electrons. The maximum absolute atomic E-state index is 13.0. The molecule has 1 aromatic heterocycles. The Labute approximate surface area is 206 Å². The van der Waals surface area contributed by atoms with E-state index >= 15 is 0 Å². The number of rotatable bonds is 9. The average Bonchev–Trinajstić information content (AvgIpc) is 3.28. The van der Waals surface area contributed by atoms with Crippen LogP contribution in [-0.2, 0) is 23.0 Å². The summed E-state index contributed by atoms with van der Waals surface area (Å²) in [6.45, 7) is 4.55. The molecule has 4 rings (SSSR count). The van der Waals surface area contributed by atoms with E-state index in [9.17, 15) is 13.2 Å². The number of nitrogens with one attached hydrogen (secondary N) is 1. The van der Waals surface area contributed by atoms with Gasteiger partial charge in [0.1, 0.15) is 0 Å². The molecule has 8 heteroatoms. The molecular formula is C26H31N3O3S2. The van der Waals surface area contributed by atoms with Crippen molar-refractivity contribution in [1.82, 2.24) is 14.5 Å². The summed E-state index contributed by atoms with van der Waals surface area (Å²) in [6, 6.07) is 20.6. The molecule has 1 aliphatic rings. The van der Waals surface area contributed by atoms with Gasteiger partial charge in [-0.05, 0) is 73.6 Å². The van der Waals surface area contributed by atoms with Crippen molar-refractivity contribution < 1.29 is 13.2 Å². The minimum atomic E-state index is -3.62. The Morgan fingerprint density at radius 3 is 2.44 bits per heavy atom. The minimum Gasteiger partial charge on any atom is -0.337 e. The highest BCUT2D eigenvalue weighted by atomic mass is 32.2. The van der Waals surface area contributed by atoms with E-state index in [0.717, 1.165) is 50.3 Å². The van der Waals surface area contributed by atoms with Crippen molar-refractivity contribution in [2.24, 2.45) is 0 Å². The van der Waals surface area contributed by atoms with E-state index in [4.69, 9.17) is 0 Å². The predicted molar refractivity (Wildman–Crippen MR) is 137 cm³/mol. The first-order valence-electron chi connectivity index (χ1n) is 11.7. The predicted octanol–water partition coefficient (Wildman–Crippen LogP) is 4.01. The highest BCUT2D eigenvalue weighted by Gasteiger charge is 2.21. The van der Waals surface area contributed by atoms with E-state index in [1.807, 2.05) is 28.5 Å². The molecule has 0 unspecified atom stereocenters. The second-order valence-electron chi connectivity index (χ2n) is 8.50. The topological polar surface area (TPSA) is 69.7 Å². The van der Waals surface area contributed by atoms with Crippen molar-refractivity contribution in [3.63, 3.8) is 0 Å². The summed E-state index contributed by atoms with van der Waals surface area (Å²) in [5, 5.41) is 1.91. The average molecular weight is 498 g/mol. The van der Waals surface area contributed by atoms with Gasteiger partial charge < -0.3 is 9.80 Å². The summed E-state index contributed by atoms with van der Waals surface area (Å²) in [6.07, 6.45) is 3.11. The first-order chi connectivity index (χ1) is 16.5. The van der Waals surface area contributed by atoms with Crippen molar-refractivity contribution in [3.8, 4) is 0 Å². The summed E-state index contributed by atoms with van der Waals surface area (Å²) < 4.78 is 27.7. The molecule has 0 aliphatic carbocycles. The first kappa shape index (κ1) is 24.6. The van der Waals surface area contributed by atoms with Crippen LogP contribution in [0, 0.1) is 0 Å². The van der Waals surface area contributed by atoms with Crippen LogP contribution >= 0.6 is 11.3 Å². The molecule has 1 N–H and O–H groups in total. The fourth-order valence-electron chi connectivity index (χ4n) is 4.17. The molecule has 3 aromatic rings. The van der Waals surface area contributed by atoms with Crippen molar-refractivity contribution in [1.29, 1.82) is 0 Å². The van der Waals surface area contributed by atoms with Crippen LogP contribution < -0.4 is 4.72 Å². The minimum absolute atomic E-state index is 0.0402. The maximum Gasteiger partial charge on any atom is 0.253 e. The number of hydrogen-bond donors (Lipinski definition) is 1. The lowest BCUT2D eigenvalue weighted by Crippen LogP contribution is -2.35. The number of nitrogens with zero attached hydrogens (tertiary/aromatic N) is 2. The van der Waals surface area contributed by atoms with E-state index in [1.165, 1.54) is 29.0 Å². The van der Waals surface area contributed by atoms with Gasteiger partial charge in [-0.25, -0.2) is 13.1 Å². The monoisotopic (exact) mass is 497 g/mol. The zero-order chi connectivity index (χ0) is 23.8. The third-order valence-electron chi connectivity index (χ3n) is 6.09. The fraction of sp³-hybridized carbons (Fsp3) is 0.346. The Balaban J connectivity index is 1.27. The van der Waals surface area contributed by atoms with Gasteiger partial charge in [0.25, 0.3) is 5.91 Å². The molecule has 6 nitrogen and oxygen atoms in total. The molecule has 0 radical (unpaired) electrons. The molecule has 1 aliphatic heterocycles. The number of thiophene rings is 1. The van der Waals surface area contributed by atoms with Crippen LogP contribution in [0.2, 0.25) is 0 Å². The van der Waals surface area contributed by atoms with Crippen LogP contribution in [0.15, 0.2) is 77.0 Å². The largest absolute Gasteiger partial charge is 0.337 e. The Hall–Kier alpha value is -2.52. The molecule has 1 saturated heterocycles. The van der Waals surface area contributed by atoms with Crippen LogP contribution in [0.4, 0.5) is 0 Å². The standard InChI is InChI=1S/C26H31N3O3S2/c30-26(23-11-13-25(14-12-23)34(31,32)27-21-24-10-5-20-33-24)29-17-6-16-28(18-19-29)15-4-9-22-7-2-1-3-8-22/h1-3,5,7-8,10-14,20,27H,4,6,9,15-19,21H2. The van der Waals surface area contributed by atoms with Crippen LogP contribution in [0.3, 0.4) is 0 Å². The summed E-state index contributed by atoms with van der Waals surface area (Å²) in [4.78, 5) is 18.5. The molecule has 0 saturated carbocycles. The number of carbonyl (C=O) groups excluding carboxylic acids is 1. The number of amides is 1. The zero-order valence-corrected chi connectivity index (χ0v) is 20.9. The van der Waals surface area contributed by atoms with Gasteiger partial charge in [-0.3, -0.25) is 4.79 Å². The smallest absolute Gasteiger partial charge is 0.253 e. The third kappa shape index (κ3) is 6.76. The van der Waals surface area contributed by atoms with Crippen LogP contribution in [0.5, 0.6) is 0 Å². The highest BCUT2D eigenvalue weighted by molar-refractivity contribution is 7.89. The molecule has 34 heavy (non-hydrogen) atoms. The molecule has 0 bridgehead atoms. The fourth-order valence-corrected chi connectivity index (χ4v) is 5.91. The van der Waals surface area contributed by atoms with Crippen molar-refractivity contribution in [2.45, 2.75) is 30.7 Å². The number of benzene rings is 2. The van der Waals surface area contributed by atoms with Crippen LogP contribution in [0.1, 0.15) is 33.6 Å². The number of hydrogen-bond acceptors (Lipinski definition) is 5. The van der Waals surface area contributed by atoms with Crippen molar-refractivity contribution in [3.05, 3.63) is 88.1 Å². The summed E-state index contributed by atoms with van der Waals surface area (Å²) >= 11 is 1.51. The normalized spacial score (nSPS) is 15.2. The van der Waals surface area contributed by atoms with E-state index in [2.05, 4.69) is 33.9 Å². The lowest BCUT2D eigenvalue weighted by Gasteiger charge is -2.22. The van der Waals surface area contributed by atoms with Gasteiger partial charge >= 0.3 is 0 Å². The summed E-state index contributed by atoms with van der Waals surface area (Å²) in [7, 11) is -3.62. The van der Waals surface area contributed by atoms with E-state index in [-0.39, 0.29) is 17.3 Å². The summed E-state index contributed by atoms with van der Waals surface area (Å²) in [5.41, 5.74) is 1.89. The highest BCUT2D eigenvalue weighted by Crippen LogP contribution is 2.16. The maximum atomic E-state index is 13.0. The van der Waals surface area contributed by atoms with Crippen molar-refractivity contribution in [2.75, 3.05) is 32.7 Å². The molecule has 0 atom stereocenters. The molecule has 2 aromatic carbocycles. The second kappa shape index (κ2) is 11.8. The van der Waals surface area contributed by atoms with Crippen molar-refractivity contribution >= 4 is 27.3 Å². The van der Waals surface area contributed by atoms with E-state index in [0.29, 0.717) is 12.1 Å². The van der Waals surface area contributed by atoms with Gasteiger partial charge in [0, 0.05) is 36.6 Å². The van der Waals surface area contributed by atoms with Crippen LogP contribution in [-0.4, -0.2) is 56.8 Å². The molecule has 1 fully saturated rings. The van der Waals surface area contributed by atoms with Gasteiger partial charge in [0.15, 0.2) is 0 Å². The number of aryl methyl sites for hydroxylation is 1. The number of sulfonamides is 1. The van der Waals surface area contributed by atoms with E-state index < -0.39 is 10.0 Å². The third-order valence-corrected chi connectivity index (χ3v) is 8.38.